The number of carbonyl (C=O) groups is 2. The van der Waals surface area contributed by atoms with Gasteiger partial charge in [0.05, 0.1) is 11.3 Å². The van der Waals surface area contributed by atoms with Crippen LogP contribution in [0.4, 0.5) is 11.4 Å². The topological polar surface area (TPSA) is 58.6 Å². The van der Waals surface area contributed by atoms with E-state index in [-0.39, 0.29) is 11.8 Å². The second kappa shape index (κ2) is 5.37. The van der Waals surface area contributed by atoms with Gasteiger partial charge in [-0.3, -0.25) is 9.59 Å². The fraction of sp³-hybridized carbons (Fsp3) is 0.263. The smallest absolute Gasteiger partial charge is 0.265 e. The number of anilines is 2. The molecule has 2 atom stereocenters. The number of amides is 2. The number of nitrogens with one attached hydrogen (secondary N) is 1. The maximum atomic E-state index is 13.1. The highest BCUT2D eigenvalue weighted by Crippen LogP contribution is 2.39. The zero-order chi connectivity index (χ0) is 16.8. The van der Waals surface area contributed by atoms with Gasteiger partial charge in [-0.15, -0.1) is 0 Å². The van der Waals surface area contributed by atoms with E-state index in [1.165, 1.54) is 5.56 Å². The minimum atomic E-state index is -0.615. The predicted molar refractivity (Wildman–Crippen MR) is 91.7 cm³/mol. The summed E-state index contributed by atoms with van der Waals surface area (Å²) in [6, 6.07) is 13.2. The fourth-order valence-electron chi connectivity index (χ4n) is 3.35. The molecule has 0 radical (unpaired) electrons. The highest BCUT2D eigenvalue weighted by Gasteiger charge is 2.34. The fourth-order valence-corrected chi connectivity index (χ4v) is 3.35. The average molecular weight is 322 g/mol. The summed E-state index contributed by atoms with van der Waals surface area (Å²) in [6.07, 6.45) is -0.615. The Morgan fingerprint density at radius 3 is 2.79 bits per heavy atom. The first kappa shape index (κ1) is 14.8. The molecule has 2 aromatic carbocycles. The minimum absolute atomic E-state index is 0.105. The summed E-state index contributed by atoms with van der Waals surface area (Å²) in [5.41, 5.74) is 3.14. The van der Waals surface area contributed by atoms with Crippen LogP contribution in [0.15, 0.2) is 42.5 Å². The van der Waals surface area contributed by atoms with Gasteiger partial charge in [-0.25, -0.2) is 0 Å². The van der Waals surface area contributed by atoms with Gasteiger partial charge in [-0.2, -0.15) is 0 Å². The Kier molecular flexibility index (Phi) is 3.30. The van der Waals surface area contributed by atoms with Gasteiger partial charge in [-0.05, 0) is 30.7 Å². The molecule has 0 aromatic heterocycles. The van der Waals surface area contributed by atoms with E-state index in [0.717, 1.165) is 5.69 Å². The van der Waals surface area contributed by atoms with Crippen molar-refractivity contribution in [3.05, 3.63) is 53.6 Å². The van der Waals surface area contributed by atoms with Crippen molar-refractivity contribution in [2.24, 2.45) is 0 Å². The zero-order valence-electron chi connectivity index (χ0n) is 13.6. The lowest BCUT2D eigenvalue weighted by Gasteiger charge is -2.26. The number of fused-ring (bicyclic) bond motifs is 2. The van der Waals surface area contributed by atoms with Crippen molar-refractivity contribution in [1.29, 1.82) is 0 Å². The van der Waals surface area contributed by atoms with Gasteiger partial charge < -0.3 is 15.0 Å². The Labute approximate surface area is 140 Å². The van der Waals surface area contributed by atoms with Crippen LogP contribution in [-0.2, 0) is 4.79 Å². The predicted octanol–water partition coefficient (Wildman–Crippen LogP) is 3.17. The number of rotatable bonds is 1. The van der Waals surface area contributed by atoms with Gasteiger partial charge in [-0.1, -0.05) is 31.2 Å². The summed E-state index contributed by atoms with van der Waals surface area (Å²) < 4.78 is 5.71. The molecule has 24 heavy (non-hydrogen) atoms. The van der Waals surface area contributed by atoms with Crippen LogP contribution in [0.1, 0.15) is 35.7 Å². The zero-order valence-corrected chi connectivity index (χ0v) is 13.6. The summed E-state index contributed by atoms with van der Waals surface area (Å²) in [5, 5.41) is 2.79. The lowest BCUT2D eigenvalue weighted by atomic mass is 10.0. The van der Waals surface area contributed by atoms with Gasteiger partial charge in [0.25, 0.3) is 11.8 Å². The van der Waals surface area contributed by atoms with Crippen molar-refractivity contribution < 1.29 is 14.3 Å². The molecule has 0 unspecified atom stereocenters. The van der Waals surface area contributed by atoms with Crippen molar-refractivity contribution in [3.63, 3.8) is 0 Å². The SMILES string of the molecule is C[C@@H]1Oc2c(cccc2C(=O)N2C[C@@H](C)c3ccccc32)NC1=O. The Hall–Kier alpha value is -2.82. The Balaban J connectivity index is 1.75. The van der Waals surface area contributed by atoms with E-state index in [9.17, 15) is 9.59 Å². The third kappa shape index (κ3) is 2.16. The molecule has 122 valence electrons. The molecule has 1 N–H and O–H groups in total. The molecule has 0 aliphatic carbocycles. The van der Waals surface area contributed by atoms with E-state index >= 15 is 0 Å². The summed E-state index contributed by atoms with van der Waals surface area (Å²) in [7, 11) is 0. The third-order valence-electron chi connectivity index (χ3n) is 4.63. The number of benzene rings is 2. The highest BCUT2D eigenvalue weighted by molar-refractivity contribution is 6.11. The van der Waals surface area contributed by atoms with Gasteiger partial charge in [0.15, 0.2) is 11.9 Å². The molecule has 2 heterocycles. The maximum absolute atomic E-state index is 13.1. The Morgan fingerprint density at radius 1 is 1.17 bits per heavy atom. The van der Waals surface area contributed by atoms with Crippen molar-refractivity contribution in [3.8, 4) is 5.75 Å². The quantitative estimate of drug-likeness (QED) is 0.877. The third-order valence-corrected chi connectivity index (χ3v) is 4.63. The van der Waals surface area contributed by atoms with Crippen molar-refractivity contribution in [2.45, 2.75) is 25.9 Å². The average Bonchev–Trinajstić information content (AvgIpc) is 2.92. The van der Waals surface area contributed by atoms with Crippen molar-refractivity contribution in [2.75, 3.05) is 16.8 Å². The number of hydrogen-bond acceptors (Lipinski definition) is 3. The lowest BCUT2D eigenvalue weighted by molar-refractivity contribution is -0.122. The number of hydrogen-bond donors (Lipinski definition) is 1. The normalized spacial score (nSPS) is 21.6. The maximum Gasteiger partial charge on any atom is 0.265 e. The number of para-hydroxylation sites is 2. The Bertz CT molecular complexity index is 846. The minimum Gasteiger partial charge on any atom is -0.478 e. The second-order valence-electron chi connectivity index (χ2n) is 6.31. The molecule has 0 saturated carbocycles. The second-order valence-corrected chi connectivity index (χ2v) is 6.31. The summed E-state index contributed by atoms with van der Waals surface area (Å²) in [4.78, 5) is 26.7. The first-order valence-electron chi connectivity index (χ1n) is 8.07. The molecule has 5 nitrogen and oxygen atoms in total. The van der Waals surface area contributed by atoms with E-state index in [0.29, 0.717) is 29.5 Å². The number of ether oxygens (including phenoxy) is 1. The van der Waals surface area contributed by atoms with Gasteiger partial charge in [0.1, 0.15) is 0 Å². The molecule has 0 saturated heterocycles. The molecule has 2 amide bonds. The van der Waals surface area contributed by atoms with E-state index in [1.54, 1.807) is 30.0 Å². The molecule has 2 aliphatic heterocycles. The van der Waals surface area contributed by atoms with Gasteiger partial charge in [0.2, 0.25) is 0 Å². The summed E-state index contributed by atoms with van der Waals surface area (Å²) in [5.74, 6) is 0.440. The van der Waals surface area contributed by atoms with E-state index in [2.05, 4.69) is 18.3 Å². The molecular weight excluding hydrogens is 304 g/mol. The molecule has 5 heteroatoms. The van der Waals surface area contributed by atoms with E-state index < -0.39 is 6.10 Å². The van der Waals surface area contributed by atoms with Gasteiger partial charge in [0, 0.05) is 18.2 Å². The molecule has 2 aromatic rings. The standard InChI is InChI=1S/C19H18N2O3/c1-11-10-21(16-9-4-3-6-13(11)16)19(23)14-7-5-8-15-17(14)24-12(2)18(22)20-15/h3-9,11-12H,10H2,1-2H3,(H,20,22)/t11-,12+/m1/s1. The molecule has 2 aliphatic rings. The van der Waals surface area contributed by atoms with Crippen LogP contribution in [0.5, 0.6) is 5.75 Å². The number of nitrogens with zero attached hydrogens (tertiary/aromatic N) is 1. The van der Waals surface area contributed by atoms with Crippen LogP contribution in [0, 0.1) is 0 Å². The van der Waals surface area contributed by atoms with Gasteiger partial charge >= 0.3 is 0 Å². The summed E-state index contributed by atoms with van der Waals surface area (Å²) in [6.45, 7) is 4.43. The highest BCUT2D eigenvalue weighted by atomic mass is 16.5. The van der Waals surface area contributed by atoms with Crippen LogP contribution in [0.2, 0.25) is 0 Å². The molecular formula is C19H18N2O3. The van der Waals surface area contributed by atoms with Crippen molar-refractivity contribution >= 4 is 23.2 Å². The van der Waals surface area contributed by atoms with E-state index in [1.807, 2.05) is 18.2 Å². The molecule has 4 rings (SSSR count). The molecule has 0 spiro atoms. The lowest BCUT2D eigenvalue weighted by Crippen LogP contribution is -2.36. The van der Waals surface area contributed by atoms with E-state index in [4.69, 9.17) is 4.74 Å². The number of carbonyl (C=O) groups excluding carboxylic acids is 2. The Morgan fingerprint density at radius 2 is 1.96 bits per heavy atom. The first-order chi connectivity index (χ1) is 11.6. The first-order valence-corrected chi connectivity index (χ1v) is 8.07. The van der Waals surface area contributed by atoms with Crippen LogP contribution < -0.4 is 15.0 Å². The molecule has 0 fully saturated rings. The van der Waals surface area contributed by atoms with Crippen LogP contribution >= 0.6 is 0 Å². The largest absolute Gasteiger partial charge is 0.478 e. The summed E-state index contributed by atoms with van der Waals surface area (Å²) >= 11 is 0. The van der Waals surface area contributed by atoms with Crippen molar-refractivity contribution in [1.82, 2.24) is 0 Å². The van der Waals surface area contributed by atoms with Crippen LogP contribution in [-0.4, -0.2) is 24.5 Å². The monoisotopic (exact) mass is 322 g/mol. The van der Waals surface area contributed by atoms with Crippen LogP contribution in [0.25, 0.3) is 0 Å². The van der Waals surface area contributed by atoms with Crippen LogP contribution in [0.3, 0.4) is 0 Å². The molecule has 0 bridgehead atoms.